The summed E-state index contributed by atoms with van der Waals surface area (Å²) in [5.74, 6) is -1.82. The fraction of sp³-hybridized carbons (Fsp3) is 1.00. The minimum atomic E-state index is -3.52. The molecule has 11 heteroatoms. The molecule has 0 amide bonds. The highest BCUT2D eigenvalue weighted by atomic mass is 28.4. The molecule has 0 spiro atoms. The fourth-order valence-electron chi connectivity index (χ4n) is 7.70. The largest absolute Gasteiger partial charge is 0.410 e. The predicted molar refractivity (Wildman–Crippen MR) is 114 cm³/mol. The molecule has 6 unspecified atom stereocenters. The summed E-state index contributed by atoms with van der Waals surface area (Å²) in [7, 11) is 3.22. The van der Waals surface area contributed by atoms with Gasteiger partial charge in [0.05, 0.1) is 39.6 Å². The Kier molecular flexibility index (Phi) is 5.22. The second-order valence-corrected chi connectivity index (χ2v) is 13.5. The van der Waals surface area contributed by atoms with Gasteiger partial charge in [0.25, 0.3) is 0 Å². The summed E-state index contributed by atoms with van der Waals surface area (Å²) in [4.78, 5) is 0. The van der Waals surface area contributed by atoms with E-state index < -0.39 is 41.8 Å². The Bertz CT molecular complexity index is 690. The molecule has 0 aromatic heterocycles. The zero-order valence-corrected chi connectivity index (χ0v) is 21.1. The molecule has 0 saturated carbocycles. The van der Waals surface area contributed by atoms with Crippen molar-refractivity contribution in [3.05, 3.63) is 0 Å². The summed E-state index contributed by atoms with van der Waals surface area (Å²) in [6.07, 6.45) is 4.26. The van der Waals surface area contributed by atoms with E-state index in [1.807, 2.05) is 0 Å². The van der Waals surface area contributed by atoms with Gasteiger partial charge in [0.1, 0.15) is 0 Å². The van der Waals surface area contributed by atoms with Crippen LogP contribution in [0.25, 0.3) is 0 Å². The molecule has 0 aromatic rings. The van der Waals surface area contributed by atoms with Crippen LogP contribution in [0.4, 0.5) is 0 Å². The van der Waals surface area contributed by atoms with Crippen molar-refractivity contribution in [1.82, 2.24) is 0 Å². The van der Waals surface area contributed by atoms with E-state index in [1.165, 1.54) is 0 Å². The summed E-state index contributed by atoms with van der Waals surface area (Å²) in [6, 6.07) is 0. The minimum absolute atomic E-state index is 0.572. The lowest BCUT2D eigenvalue weighted by Gasteiger charge is -2.75. The molecule has 188 valence electrons. The molecule has 0 aromatic carbocycles. The maximum atomic E-state index is 6.61. The minimum Gasteiger partial charge on any atom is -0.394 e. The lowest BCUT2D eigenvalue weighted by atomic mass is 9.72. The predicted octanol–water partition coefficient (Wildman–Crippen LogP) is 0.962. The second-order valence-electron chi connectivity index (χ2n) is 9.84. The molecular formula is C22H36O10Si. The molecule has 6 aliphatic heterocycles. The lowest BCUT2D eigenvalue weighted by molar-refractivity contribution is -0.461. The molecule has 6 saturated heterocycles. The standard InChI is InChI=1S/C22H36O10Si/c1-23-19(7-13-29-19)17(5-11-27-17)21(9-15-31-21)33(25-3,26-4)22(10-16-32-22)18(6-12-28-18)20(24-2)8-14-30-20/h5-16H2,1-4H3. The monoisotopic (exact) mass is 488 g/mol. The molecule has 33 heavy (non-hydrogen) atoms. The Morgan fingerprint density at radius 1 is 0.485 bits per heavy atom. The number of methoxy groups -OCH3 is 2. The molecule has 6 aliphatic rings. The Labute approximate surface area is 195 Å². The van der Waals surface area contributed by atoms with Gasteiger partial charge >= 0.3 is 8.56 Å². The molecular weight excluding hydrogens is 452 g/mol. The quantitative estimate of drug-likeness (QED) is 0.414. The van der Waals surface area contributed by atoms with Crippen LogP contribution in [0.3, 0.4) is 0 Å². The van der Waals surface area contributed by atoms with Crippen molar-refractivity contribution in [2.45, 2.75) is 71.7 Å². The maximum Gasteiger partial charge on any atom is 0.410 e. The summed E-state index contributed by atoms with van der Waals surface area (Å²) in [6.45, 7) is 3.55. The van der Waals surface area contributed by atoms with Crippen LogP contribution >= 0.6 is 0 Å². The van der Waals surface area contributed by atoms with Gasteiger partial charge in [0.15, 0.2) is 21.7 Å². The first kappa shape index (κ1) is 23.2. The Morgan fingerprint density at radius 3 is 0.909 bits per heavy atom. The summed E-state index contributed by atoms with van der Waals surface area (Å²) < 4.78 is 63.5. The second kappa shape index (κ2) is 7.42. The summed E-state index contributed by atoms with van der Waals surface area (Å²) in [5.41, 5.74) is -1.72. The number of hydrogen-bond acceptors (Lipinski definition) is 10. The Hall–Kier alpha value is -0.183. The highest BCUT2D eigenvalue weighted by molar-refractivity contribution is 6.74. The van der Waals surface area contributed by atoms with Crippen molar-refractivity contribution in [3.63, 3.8) is 0 Å². The molecule has 6 atom stereocenters. The average molecular weight is 489 g/mol. The van der Waals surface area contributed by atoms with Gasteiger partial charge in [-0.3, -0.25) is 0 Å². The maximum absolute atomic E-state index is 6.61. The first-order valence-electron chi connectivity index (χ1n) is 12.0. The zero-order chi connectivity index (χ0) is 23.1. The molecule has 6 fully saturated rings. The molecule has 0 aliphatic carbocycles. The molecule has 0 N–H and O–H groups in total. The van der Waals surface area contributed by atoms with Crippen LogP contribution in [0.1, 0.15) is 38.5 Å². The van der Waals surface area contributed by atoms with Crippen LogP contribution in [-0.2, 0) is 46.7 Å². The molecule has 10 nitrogen and oxygen atoms in total. The van der Waals surface area contributed by atoms with E-state index in [9.17, 15) is 0 Å². The highest BCUT2D eigenvalue weighted by Gasteiger charge is 2.92. The molecule has 6 rings (SSSR count). The van der Waals surface area contributed by atoms with Gasteiger partial charge in [-0.15, -0.1) is 0 Å². The molecule has 0 bridgehead atoms. The van der Waals surface area contributed by atoms with Crippen molar-refractivity contribution in [1.29, 1.82) is 0 Å². The first-order valence-corrected chi connectivity index (χ1v) is 13.8. The van der Waals surface area contributed by atoms with Gasteiger partial charge in [-0.05, 0) is 0 Å². The highest BCUT2D eigenvalue weighted by Crippen LogP contribution is 2.68. The summed E-state index contributed by atoms with van der Waals surface area (Å²) in [5, 5.41) is -1.83. The van der Waals surface area contributed by atoms with E-state index in [2.05, 4.69) is 0 Å². The van der Waals surface area contributed by atoms with Crippen LogP contribution in [0, 0.1) is 0 Å². The lowest BCUT2D eigenvalue weighted by Crippen LogP contribution is -2.98. The smallest absolute Gasteiger partial charge is 0.394 e. The fourth-order valence-corrected chi connectivity index (χ4v) is 13.1. The van der Waals surface area contributed by atoms with E-state index in [0.717, 1.165) is 12.8 Å². The molecule has 6 heterocycles. The van der Waals surface area contributed by atoms with Crippen LogP contribution in [0.2, 0.25) is 0 Å². The van der Waals surface area contributed by atoms with Crippen molar-refractivity contribution >= 4 is 8.56 Å². The Balaban J connectivity index is 1.53. The van der Waals surface area contributed by atoms with Gasteiger partial charge < -0.3 is 46.7 Å². The Morgan fingerprint density at radius 2 is 0.788 bits per heavy atom. The number of ether oxygens (including phenoxy) is 8. The van der Waals surface area contributed by atoms with Crippen LogP contribution in [0.5, 0.6) is 0 Å². The molecule has 0 radical (unpaired) electrons. The van der Waals surface area contributed by atoms with E-state index in [0.29, 0.717) is 65.3 Å². The van der Waals surface area contributed by atoms with E-state index in [-0.39, 0.29) is 0 Å². The van der Waals surface area contributed by atoms with E-state index >= 15 is 0 Å². The van der Waals surface area contributed by atoms with Crippen LogP contribution < -0.4 is 0 Å². The van der Waals surface area contributed by atoms with E-state index in [1.54, 1.807) is 28.4 Å². The van der Waals surface area contributed by atoms with Gasteiger partial charge in [-0.25, -0.2) is 0 Å². The SMILES string of the molecule is COC1(C2(C3([Si](OC)(OC)C4(C5(C6(OC)CCO6)CCO5)CCO4)CCO3)CCO2)CCO1. The topological polar surface area (TPSA) is 92.3 Å². The van der Waals surface area contributed by atoms with Gasteiger partial charge in [0, 0.05) is 67.0 Å². The average Bonchev–Trinajstić information content (AvgIpc) is 2.63. The first-order chi connectivity index (χ1) is 16.0. The third kappa shape index (κ3) is 2.18. The van der Waals surface area contributed by atoms with Crippen molar-refractivity contribution in [2.75, 3.05) is 68.1 Å². The van der Waals surface area contributed by atoms with Gasteiger partial charge in [-0.1, -0.05) is 0 Å². The van der Waals surface area contributed by atoms with Crippen LogP contribution in [-0.4, -0.2) is 110 Å². The van der Waals surface area contributed by atoms with Gasteiger partial charge in [-0.2, -0.15) is 0 Å². The third-order valence-electron chi connectivity index (χ3n) is 9.58. The van der Waals surface area contributed by atoms with Crippen molar-refractivity contribution in [3.8, 4) is 0 Å². The summed E-state index contributed by atoms with van der Waals surface area (Å²) >= 11 is 0. The third-order valence-corrected chi connectivity index (χ3v) is 14.4. The van der Waals surface area contributed by atoms with Gasteiger partial charge in [0.2, 0.25) is 11.6 Å². The number of rotatable bonds is 10. The van der Waals surface area contributed by atoms with Crippen molar-refractivity contribution in [2.24, 2.45) is 0 Å². The van der Waals surface area contributed by atoms with Crippen LogP contribution in [0.15, 0.2) is 0 Å². The number of hydrogen-bond donors (Lipinski definition) is 0. The van der Waals surface area contributed by atoms with E-state index in [4.69, 9.17) is 46.7 Å². The normalized spacial score (nSPS) is 51.3. The van der Waals surface area contributed by atoms with Crippen molar-refractivity contribution < 1.29 is 46.7 Å². The zero-order valence-electron chi connectivity index (χ0n) is 20.1.